The first kappa shape index (κ1) is 22.0. The molecule has 0 saturated heterocycles. The quantitative estimate of drug-likeness (QED) is 0.362. The molecule has 4 aromatic rings. The van der Waals surface area contributed by atoms with E-state index < -0.39 is 11.6 Å². The Balaban J connectivity index is 1.28. The van der Waals surface area contributed by atoms with Gasteiger partial charge in [0.15, 0.2) is 17.5 Å². The minimum absolute atomic E-state index is 0.0332. The van der Waals surface area contributed by atoms with Crippen LogP contribution in [0.5, 0.6) is 0 Å². The summed E-state index contributed by atoms with van der Waals surface area (Å²) in [6.07, 6.45) is 4.54. The summed E-state index contributed by atoms with van der Waals surface area (Å²) in [7, 11) is 1.43. The molecule has 2 aromatic heterocycles. The van der Waals surface area contributed by atoms with Crippen molar-refractivity contribution >= 4 is 28.7 Å². The number of halogens is 2. The summed E-state index contributed by atoms with van der Waals surface area (Å²) < 4.78 is 36.9. The van der Waals surface area contributed by atoms with Gasteiger partial charge in [0.25, 0.3) is 5.89 Å². The Bertz CT molecular complexity index is 1330. The molecule has 0 spiro atoms. The molecule has 0 atom stereocenters. The Labute approximate surface area is 193 Å². The van der Waals surface area contributed by atoms with Crippen LogP contribution in [0, 0.1) is 17.6 Å². The highest BCUT2D eigenvalue weighted by Gasteiger charge is 2.25. The van der Waals surface area contributed by atoms with Gasteiger partial charge in [-0.05, 0) is 67.3 Å². The molecular weight excluding hydrogens is 444 g/mol. The highest BCUT2D eigenvalue weighted by atomic mass is 19.2. The number of fused-ring (bicyclic) bond motifs is 1. The van der Waals surface area contributed by atoms with E-state index >= 15 is 0 Å². The first-order chi connectivity index (χ1) is 16.5. The van der Waals surface area contributed by atoms with Crippen molar-refractivity contribution in [3.05, 3.63) is 53.6 Å². The predicted molar refractivity (Wildman–Crippen MR) is 120 cm³/mol. The first-order valence-electron chi connectivity index (χ1n) is 11.1. The molecule has 0 aliphatic heterocycles. The van der Waals surface area contributed by atoms with Crippen molar-refractivity contribution in [3.8, 4) is 11.7 Å². The van der Waals surface area contributed by atoms with E-state index in [1.54, 1.807) is 0 Å². The van der Waals surface area contributed by atoms with Crippen molar-refractivity contribution in [2.24, 2.45) is 5.92 Å². The van der Waals surface area contributed by atoms with E-state index in [4.69, 9.17) is 9.15 Å². The third kappa shape index (κ3) is 4.61. The van der Waals surface area contributed by atoms with E-state index in [0.717, 1.165) is 48.8 Å². The summed E-state index contributed by atoms with van der Waals surface area (Å²) >= 11 is 0. The molecular formula is C24H23F2N5O3. The number of methoxy groups -OCH3 is 1. The SMILES string of the molecule is COC(=O)CC1CCC(c2ccc3nc(-c4nnc(Nc5ccc(F)c(F)c5)o4)[nH]c3c2)CC1. The van der Waals surface area contributed by atoms with Crippen LogP contribution in [0.15, 0.2) is 40.8 Å². The van der Waals surface area contributed by atoms with Crippen LogP contribution >= 0.6 is 0 Å². The van der Waals surface area contributed by atoms with E-state index in [2.05, 4.69) is 37.6 Å². The van der Waals surface area contributed by atoms with Gasteiger partial charge in [0.1, 0.15) is 0 Å². The molecule has 34 heavy (non-hydrogen) atoms. The summed E-state index contributed by atoms with van der Waals surface area (Å²) in [5.74, 6) is -0.647. The van der Waals surface area contributed by atoms with Gasteiger partial charge in [-0.25, -0.2) is 13.8 Å². The number of aromatic nitrogens is 4. The maximum absolute atomic E-state index is 13.4. The van der Waals surface area contributed by atoms with Gasteiger partial charge in [-0.1, -0.05) is 11.2 Å². The Morgan fingerprint density at radius 2 is 1.94 bits per heavy atom. The fourth-order valence-corrected chi connectivity index (χ4v) is 4.47. The second-order valence-corrected chi connectivity index (χ2v) is 8.53. The van der Waals surface area contributed by atoms with Gasteiger partial charge in [-0.15, -0.1) is 5.10 Å². The zero-order chi connectivity index (χ0) is 23.7. The Kier molecular flexibility index (Phi) is 5.95. The number of ether oxygens (including phenoxy) is 1. The van der Waals surface area contributed by atoms with Gasteiger partial charge in [-0.3, -0.25) is 4.79 Å². The smallest absolute Gasteiger partial charge is 0.320 e. The summed E-state index contributed by atoms with van der Waals surface area (Å²) in [6, 6.07) is 9.56. The molecule has 0 radical (unpaired) electrons. The number of hydrogen-bond acceptors (Lipinski definition) is 7. The third-order valence-electron chi connectivity index (χ3n) is 6.31. The number of rotatable bonds is 6. The number of imidazole rings is 1. The number of nitrogens with one attached hydrogen (secondary N) is 2. The lowest BCUT2D eigenvalue weighted by Crippen LogP contribution is -2.17. The van der Waals surface area contributed by atoms with Crippen molar-refractivity contribution in [3.63, 3.8) is 0 Å². The largest absolute Gasteiger partial charge is 0.469 e. The lowest BCUT2D eigenvalue weighted by Gasteiger charge is -2.28. The number of carbonyl (C=O) groups is 1. The average Bonchev–Trinajstić information content (AvgIpc) is 3.48. The fourth-order valence-electron chi connectivity index (χ4n) is 4.47. The molecule has 2 heterocycles. The van der Waals surface area contributed by atoms with E-state index in [9.17, 15) is 13.6 Å². The second-order valence-electron chi connectivity index (χ2n) is 8.53. The predicted octanol–water partition coefficient (Wildman–Crippen LogP) is 5.47. The molecule has 5 rings (SSSR count). The topological polar surface area (TPSA) is 106 Å². The zero-order valence-electron chi connectivity index (χ0n) is 18.5. The summed E-state index contributed by atoms with van der Waals surface area (Å²) in [5.41, 5.74) is 3.14. The molecule has 0 amide bonds. The maximum atomic E-state index is 13.4. The van der Waals surface area contributed by atoms with Crippen LogP contribution in [0.25, 0.3) is 22.7 Å². The van der Waals surface area contributed by atoms with Gasteiger partial charge < -0.3 is 19.5 Å². The monoisotopic (exact) mass is 467 g/mol. The molecule has 8 nitrogen and oxygen atoms in total. The molecule has 2 aromatic carbocycles. The van der Waals surface area contributed by atoms with Crippen molar-refractivity contribution < 1.29 is 22.7 Å². The van der Waals surface area contributed by atoms with E-state index in [1.807, 2.05) is 6.07 Å². The lowest BCUT2D eigenvalue weighted by molar-refractivity contribution is -0.142. The van der Waals surface area contributed by atoms with Crippen LogP contribution in [0.3, 0.4) is 0 Å². The van der Waals surface area contributed by atoms with Crippen molar-refractivity contribution in [1.82, 2.24) is 20.2 Å². The molecule has 1 aliphatic carbocycles. The van der Waals surface area contributed by atoms with Crippen molar-refractivity contribution in [2.75, 3.05) is 12.4 Å². The van der Waals surface area contributed by atoms with Gasteiger partial charge >= 0.3 is 12.0 Å². The first-order valence-corrected chi connectivity index (χ1v) is 11.1. The molecule has 2 N–H and O–H groups in total. The Morgan fingerprint density at radius 1 is 1.12 bits per heavy atom. The molecule has 1 aliphatic rings. The summed E-state index contributed by atoms with van der Waals surface area (Å²) in [4.78, 5) is 19.3. The normalized spacial score (nSPS) is 18.2. The molecule has 176 valence electrons. The van der Waals surface area contributed by atoms with Gasteiger partial charge in [0, 0.05) is 18.2 Å². The molecule has 10 heteroatoms. The standard InChI is InChI=1S/C24H23F2N5O3/c1-33-21(32)10-13-2-4-14(5-3-13)15-6-9-19-20(11-15)29-22(28-19)23-30-31-24(34-23)27-16-7-8-17(25)18(26)12-16/h6-9,11-14H,2-5,10H2,1H3,(H,27,31)(H,28,29). The number of carbonyl (C=O) groups excluding carboxylic acids is 1. The van der Waals surface area contributed by atoms with Crippen LogP contribution in [0.1, 0.15) is 43.6 Å². The number of nitrogens with zero attached hydrogens (tertiary/aromatic N) is 3. The molecule has 1 fully saturated rings. The number of esters is 1. The molecule has 0 bridgehead atoms. The van der Waals surface area contributed by atoms with E-state index in [0.29, 0.717) is 24.1 Å². The van der Waals surface area contributed by atoms with Crippen LogP contribution < -0.4 is 5.32 Å². The summed E-state index contributed by atoms with van der Waals surface area (Å²) in [6.45, 7) is 0. The number of H-pyrrole nitrogens is 1. The van der Waals surface area contributed by atoms with Crippen LogP contribution in [0.2, 0.25) is 0 Å². The average molecular weight is 467 g/mol. The second kappa shape index (κ2) is 9.20. The van der Waals surface area contributed by atoms with Crippen LogP contribution in [0.4, 0.5) is 20.5 Å². The van der Waals surface area contributed by atoms with E-state index in [1.165, 1.54) is 18.7 Å². The minimum Gasteiger partial charge on any atom is -0.469 e. The maximum Gasteiger partial charge on any atom is 0.320 e. The van der Waals surface area contributed by atoms with E-state index in [-0.39, 0.29) is 23.6 Å². The highest BCUT2D eigenvalue weighted by molar-refractivity contribution is 5.79. The number of hydrogen-bond donors (Lipinski definition) is 2. The van der Waals surface area contributed by atoms with Gasteiger partial charge in [0.05, 0.1) is 18.1 Å². The number of benzene rings is 2. The third-order valence-corrected chi connectivity index (χ3v) is 6.31. The highest BCUT2D eigenvalue weighted by Crippen LogP contribution is 2.38. The Hall–Kier alpha value is -3.82. The fraction of sp³-hybridized carbons (Fsp3) is 0.333. The van der Waals surface area contributed by atoms with Crippen LogP contribution in [-0.2, 0) is 9.53 Å². The molecule has 0 unspecified atom stereocenters. The van der Waals surface area contributed by atoms with Crippen molar-refractivity contribution in [1.29, 1.82) is 0 Å². The number of anilines is 2. The summed E-state index contributed by atoms with van der Waals surface area (Å²) in [5, 5.41) is 10.6. The van der Waals surface area contributed by atoms with Crippen LogP contribution in [-0.4, -0.2) is 33.2 Å². The Morgan fingerprint density at radius 3 is 2.71 bits per heavy atom. The number of aromatic amines is 1. The lowest BCUT2D eigenvalue weighted by atomic mass is 9.77. The van der Waals surface area contributed by atoms with Gasteiger partial charge in [0.2, 0.25) is 0 Å². The minimum atomic E-state index is -0.977. The zero-order valence-corrected chi connectivity index (χ0v) is 18.5. The van der Waals surface area contributed by atoms with Crippen molar-refractivity contribution in [2.45, 2.75) is 38.0 Å². The molecule has 1 saturated carbocycles. The van der Waals surface area contributed by atoms with Gasteiger partial charge in [-0.2, -0.15) is 0 Å².